The third kappa shape index (κ3) is 8.95. The number of benzene rings is 2. The maximum atomic E-state index is 12.1. The maximum absolute atomic E-state index is 12.1. The summed E-state index contributed by atoms with van der Waals surface area (Å²) in [5, 5.41) is 5.96. The van der Waals surface area contributed by atoms with Crippen molar-refractivity contribution in [3.05, 3.63) is 58.7 Å². The largest absolute Gasteiger partial charge is 0.326 e. The third-order valence-corrected chi connectivity index (χ3v) is 4.82. The van der Waals surface area contributed by atoms with Crippen molar-refractivity contribution in [2.45, 2.75) is 72.6 Å². The number of amides is 2. The first-order chi connectivity index (χ1) is 13.8. The molecule has 2 N–H and O–H groups in total. The minimum absolute atomic E-state index is 0.0721. The van der Waals surface area contributed by atoms with E-state index in [4.69, 9.17) is 0 Å². The van der Waals surface area contributed by atoms with Crippen LogP contribution in [0.1, 0.15) is 67.2 Å². The molecule has 2 rings (SSSR count). The van der Waals surface area contributed by atoms with Crippen LogP contribution >= 0.6 is 0 Å². The van der Waals surface area contributed by atoms with Crippen molar-refractivity contribution in [1.82, 2.24) is 0 Å². The molecular weight excluding hydrogens is 360 g/mol. The van der Waals surface area contributed by atoms with Gasteiger partial charge in [-0.15, -0.1) is 0 Å². The summed E-state index contributed by atoms with van der Waals surface area (Å²) in [4.78, 5) is 24.1. The van der Waals surface area contributed by atoms with E-state index in [1.54, 1.807) is 0 Å². The molecule has 2 aromatic carbocycles. The molecule has 0 saturated heterocycles. The predicted molar refractivity (Wildman–Crippen MR) is 121 cm³/mol. The zero-order valence-corrected chi connectivity index (χ0v) is 18.2. The molecule has 0 radical (unpaired) electrons. The van der Waals surface area contributed by atoms with E-state index in [1.165, 1.54) is 0 Å². The summed E-state index contributed by atoms with van der Waals surface area (Å²) in [7, 11) is 0. The Morgan fingerprint density at radius 2 is 0.862 bits per heavy atom. The molecule has 0 saturated carbocycles. The van der Waals surface area contributed by atoms with E-state index >= 15 is 0 Å². The second-order valence-corrected chi connectivity index (χ2v) is 8.12. The first kappa shape index (κ1) is 22.7. The van der Waals surface area contributed by atoms with Gasteiger partial charge in [-0.1, -0.05) is 31.4 Å². The average Bonchev–Trinajstić information content (AvgIpc) is 2.59. The third-order valence-electron chi connectivity index (χ3n) is 4.82. The van der Waals surface area contributed by atoms with Gasteiger partial charge in [-0.3, -0.25) is 9.59 Å². The second-order valence-electron chi connectivity index (χ2n) is 8.12. The lowest BCUT2D eigenvalue weighted by molar-refractivity contribution is -0.117. The highest BCUT2D eigenvalue weighted by molar-refractivity contribution is 5.91. The van der Waals surface area contributed by atoms with Crippen molar-refractivity contribution in [3.8, 4) is 0 Å². The van der Waals surface area contributed by atoms with Crippen molar-refractivity contribution >= 4 is 23.2 Å². The standard InChI is InChI=1S/C25H34N2O2/c1-18-12-19(2)15-22(14-18)26-24(28)10-8-6-5-7-9-11-25(29)27-23-16-20(3)13-21(4)17-23/h12-17H,5-11H2,1-4H3,(H,26,28)(H,27,29). The number of carbonyl (C=O) groups is 2. The molecule has 4 nitrogen and oxygen atoms in total. The molecule has 0 heterocycles. The Morgan fingerprint density at radius 3 is 1.21 bits per heavy atom. The van der Waals surface area contributed by atoms with Crippen LogP contribution in [0.2, 0.25) is 0 Å². The van der Waals surface area contributed by atoms with E-state index in [1.807, 2.05) is 52.0 Å². The molecule has 0 aromatic heterocycles. The summed E-state index contributed by atoms with van der Waals surface area (Å²) >= 11 is 0. The van der Waals surface area contributed by atoms with Crippen molar-refractivity contribution < 1.29 is 9.59 Å². The lowest BCUT2D eigenvalue weighted by Crippen LogP contribution is -2.11. The summed E-state index contributed by atoms with van der Waals surface area (Å²) in [5.74, 6) is 0.144. The van der Waals surface area contributed by atoms with Crippen LogP contribution in [0.5, 0.6) is 0 Å². The molecule has 156 valence electrons. The van der Waals surface area contributed by atoms with Crippen LogP contribution in [0.25, 0.3) is 0 Å². The Bertz CT molecular complexity index is 733. The van der Waals surface area contributed by atoms with E-state index in [9.17, 15) is 9.59 Å². The van der Waals surface area contributed by atoms with Crippen molar-refractivity contribution in [2.24, 2.45) is 0 Å². The number of nitrogens with one attached hydrogen (secondary N) is 2. The normalized spacial score (nSPS) is 10.6. The van der Waals surface area contributed by atoms with Gasteiger partial charge in [0.25, 0.3) is 0 Å². The molecule has 0 fully saturated rings. The number of aryl methyl sites for hydroxylation is 4. The lowest BCUT2D eigenvalue weighted by Gasteiger charge is -2.08. The Morgan fingerprint density at radius 1 is 0.552 bits per heavy atom. The molecule has 0 spiro atoms. The van der Waals surface area contributed by atoms with Gasteiger partial charge < -0.3 is 10.6 Å². The predicted octanol–water partition coefficient (Wildman–Crippen LogP) is 6.23. The fourth-order valence-corrected chi connectivity index (χ4v) is 3.64. The van der Waals surface area contributed by atoms with Crippen molar-refractivity contribution in [2.75, 3.05) is 10.6 Å². The van der Waals surface area contributed by atoms with Gasteiger partial charge in [-0.05, 0) is 87.1 Å². The van der Waals surface area contributed by atoms with Crippen molar-refractivity contribution in [3.63, 3.8) is 0 Å². The number of hydrogen-bond acceptors (Lipinski definition) is 2. The summed E-state index contributed by atoms with van der Waals surface area (Å²) < 4.78 is 0. The summed E-state index contributed by atoms with van der Waals surface area (Å²) in [6.07, 6.45) is 5.92. The maximum Gasteiger partial charge on any atom is 0.224 e. The molecule has 0 atom stereocenters. The van der Waals surface area contributed by atoms with Gasteiger partial charge in [0.1, 0.15) is 0 Å². The van der Waals surface area contributed by atoms with Crippen LogP contribution in [0.3, 0.4) is 0 Å². The summed E-state index contributed by atoms with van der Waals surface area (Å²) in [6, 6.07) is 12.2. The van der Waals surface area contributed by atoms with E-state index in [0.29, 0.717) is 12.8 Å². The number of anilines is 2. The van der Waals surface area contributed by atoms with Crippen LogP contribution in [0, 0.1) is 27.7 Å². The molecule has 0 unspecified atom stereocenters. The van der Waals surface area contributed by atoms with Crippen LogP contribution in [0.15, 0.2) is 36.4 Å². The quantitative estimate of drug-likeness (QED) is 0.469. The SMILES string of the molecule is Cc1cc(C)cc(NC(=O)CCCCCCCC(=O)Nc2cc(C)cc(C)c2)c1. The van der Waals surface area contributed by atoms with Gasteiger partial charge in [0.05, 0.1) is 0 Å². The van der Waals surface area contributed by atoms with Gasteiger partial charge in [-0.25, -0.2) is 0 Å². The molecule has 0 aliphatic carbocycles. The topological polar surface area (TPSA) is 58.2 Å². The average molecular weight is 395 g/mol. The fourth-order valence-electron chi connectivity index (χ4n) is 3.64. The van der Waals surface area contributed by atoms with Gasteiger partial charge >= 0.3 is 0 Å². The summed E-state index contributed by atoms with van der Waals surface area (Å²) in [5.41, 5.74) is 6.37. The van der Waals surface area contributed by atoms with Crippen LogP contribution in [-0.2, 0) is 9.59 Å². The molecule has 0 aliphatic rings. The van der Waals surface area contributed by atoms with Crippen LogP contribution < -0.4 is 10.6 Å². The Labute approximate surface area is 175 Å². The molecule has 2 amide bonds. The number of unbranched alkanes of at least 4 members (excludes halogenated alkanes) is 4. The molecule has 2 aromatic rings. The van der Waals surface area contributed by atoms with Crippen molar-refractivity contribution in [1.29, 1.82) is 0 Å². The van der Waals surface area contributed by atoms with E-state index in [-0.39, 0.29) is 11.8 Å². The minimum Gasteiger partial charge on any atom is -0.326 e. The zero-order chi connectivity index (χ0) is 21.2. The smallest absolute Gasteiger partial charge is 0.224 e. The highest BCUT2D eigenvalue weighted by atomic mass is 16.2. The molecule has 0 aliphatic heterocycles. The van der Waals surface area contributed by atoms with Gasteiger partial charge in [0.15, 0.2) is 0 Å². The van der Waals surface area contributed by atoms with E-state index < -0.39 is 0 Å². The summed E-state index contributed by atoms with van der Waals surface area (Å²) in [6.45, 7) is 8.13. The zero-order valence-electron chi connectivity index (χ0n) is 18.2. The minimum atomic E-state index is 0.0721. The lowest BCUT2D eigenvalue weighted by atomic mass is 10.1. The van der Waals surface area contributed by atoms with E-state index in [2.05, 4.69) is 22.8 Å². The van der Waals surface area contributed by atoms with Crippen LogP contribution in [0.4, 0.5) is 11.4 Å². The molecule has 29 heavy (non-hydrogen) atoms. The van der Waals surface area contributed by atoms with Gasteiger partial charge in [0, 0.05) is 24.2 Å². The highest BCUT2D eigenvalue weighted by Gasteiger charge is 2.05. The van der Waals surface area contributed by atoms with E-state index in [0.717, 1.165) is 65.7 Å². The number of carbonyl (C=O) groups excluding carboxylic acids is 2. The number of rotatable bonds is 10. The van der Waals surface area contributed by atoms with Crippen LogP contribution in [-0.4, -0.2) is 11.8 Å². The first-order valence-corrected chi connectivity index (χ1v) is 10.6. The highest BCUT2D eigenvalue weighted by Crippen LogP contribution is 2.16. The molecule has 0 bridgehead atoms. The monoisotopic (exact) mass is 394 g/mol. The van der Waals surface area contributed by atoms with Gasteiger partial charge in [-0.2, -0.15) is 0 Å². The second kappa shape index (κ2) is 11.4. The first-order valence-electron chi connectivity index (χ1n) is 10.6. The molecular formula is C25H34N2O2. The molecule has 4 heteroatoms. The fraction of sp³-hybridized carbons (Fsp3) is 0.440. The van der Waals surface area contributed by atoms with Gasteiger partial charge in [0.2, 0.25) is 11.8 Å². The Hall–Kier alpha value is -2.62. The number of hydrogen-bond donors (Lipinski definition) is 2. The Kier molecular flexibility index (Phi) is 8.91. The Balaban J connectivity index is 1.55.